The summed E-state index contributed by atoms with van der Waals surface area (Å²) in [6.07, 6.45) is 0. The van der Waals surface area contributed by atoms with Crippen LogP contribution in [0.2, 0.25) is 0 Å². The van der Waals surface area contributed by atoms with E-state index in [1.807, 2.05) is 0 Å². The van der Waals surface area contributed by atoms with E-state index in [1.54, 1.807) is 20.0 Å². The maximum absolute atomic E-state index is 12.0. The van der Waals surface area contributed by atoms with Crippen molar-refractivity contribution in [1.29, 1.82) is 0 Å². The van der Waals surface area contributed by atoms with Gasteiger partial charge >= 0.3 is 0 Å². The number of carbonyl (C=O) groups excluding carboxylic acids is 1. The second kappa shape index (κ2) is 5.26. The van der Waals surface area contributed by atoms with Gasteiger partial charge in [0.15, 0.2) is 0 Å². The first-order chi connectivity index (χ1) is 9.27. The summed E-state index contributed by atoms with van der Waals surface area (Å²) >= 11 is 0. The monoisotopic (exact) mass is 313 g/mol. The number of nitrogens with one attached hydrogen (secondary N) is 1. The van der Waals surface area contributed by atoms with Gasteiger partial charge in [-0.05, 0) is 37.3 Å². The van der Waals surface area contributed by atoms with E-state index in [0.29, 0.717) is 11.4 Å². The van der Waals surface area contributed by atoms with E-state index in [1.165, 1.54) is 28.9 Å². The molecule has 0 aliphatic carbocycles. The summed E-state index contributed by atoms with van der Waals surface area (Å²) in [5.41, 5.74) is 1.62. The van der Waals surface area contributed by atoms with Crippen LogP contribution in [0.3, 0.4) is 0 Å². The van der Waals surface area contributed by atoms with Crippen molar-refractivity contribution in [1.82, 2.24) is 9.78 Å². The molecule has 0 aliphatic rings. The third kappa shape index (κ3) is 3.17. The van der Waals surface area contributed by atoms with E-state index in [9.17, 15) is 13.2 Å². The summed E-state index contributed by atoms with van der Waals surface area (Å²) in [7, 11) is 3.12. The van der Waals surface area contributed by atoms with Crippen molar-refractivity contribution in [3.63, 3.8) is 0 Å². The van der Waals surface area contributed by atoms with Gasteiger partial charge in [0.05, 0.1) is 10.6 Å². The molecule has 1 heterocycles. The van der Waals surface area contributed by atoms with Crippen LogP contribution in [-0.4, -0.2) is 24.1 Å². The molecule has 20 heavy (non-hydrogen) atoms. The molecule has 0 bridgehead atoms. The molecular formula is C12H12ClN3O3S. The molecule has 2 aromatic rings. The smallest absolute Gasteiger partial charge is 0.273 e. The van der Waals surface area contributed by atoms with Crippen LogP contribution >= 0.6 is 10.7 Å². The van der Waals surface area contributed by atoms with E-state index in [0.717, 1.165) is 5.69 Å². The van der Waals surface area contributed by atoms with Gasteiger partial charge in [0.2, 0.25) is 0 Å². The third-order valence-electron chi connectivity index (χ3n) is 2.63. The highest BCUT2D eigenvalue weighted by Gasteiger charge is 2.13. The molecule has 8 heteroatoms. The summed E-state index contributed by atoms with van der Waals surface area (Å²) in [6.45, 7) is 1.79. The van der Waals surface area contributed by atoms with Gasteiger partial charge in [-0.25, -0.2) is 8.42 Å². The number of aryl methyl sites for hydroxylation is 2. The molecule has 1 N–H and O–H groups in total. The van der Waals surface area contributed by atoms with Gasteiger partial charge in [-0.15, -0.1) is 0 Å². The van der Waals surface area contributed by atoms with Gasteiger partial charge in [-0.1, -0.05) is 0 Å². The SMILES string of the molecule is Cc1cc(C(=O)Nc2ccc(S(=O)(=O)Cl)cc2)n(C)n1. The Morgan fingerprint density at radius 3 is 2.35 bits per heavy atom. The number of aromatic nitrogens is 2. The number of anilines is 1. The first-order valence-corrected chi connectivity index (χ1v) is 7.95. The minimum absolute atomic E-state index is 0.0199. The Labute approximate surface area is 120 Å². The Morgan fingerprint density at radius 2 is 1.90 bits per heavy atom. The lowest BCUT2D eigenvalue weighted by Gasteiger charge is -2.05. The Balaban J connectivity index is 2.18. The average molecular weight is 314 g/mol. The molecule has 1 aromatic carbocycles. The molecule has 0 spiro atoms. The fraction of sp³-hybridized carbons (Fsp3) is 0.167. The first-order valence-electron chi connectivity index (χ1n) is 5.64. The maximum Gasteiger partial charge on any atom is 0.273 e. The van der Waals surface area contributed by atoms with Gasteiger partial charge in [-0.2, -0.15) is 5.10 Å². The Morgan fingerprint density at radius 1 is 1.30 bits per heavy atom. The number of carbonyl (C=O) groups is 1. The highest BCUT2D eigenvalue weighted by atomic mass is 35.7. The van der Waals surface area contributed by atoms with Gasteiger partial charge in [-0.3, -0.25) is 9.48 Å². The lowest BCUT2D eigenvalue weighted by atomic mass is 10.3. The van der Waals surface area contributed by atoms with Crippen LogP contribution in [0.15, 0.2) is 35.2 Å². The number of rotatable bonds is 3. The van der Waals surface area contributed by atoms with Crippen molar-refractivity contribution in [2.45, 2.75) is 11.8 Å². The maximum atomic E-state index is 12.0. The van der Waals surface area contributed by atoms with Gasteiger partial charge in [0.1, 0.15) is 5.69 Å². The second-order valence-corrected chi connectivity index (χ2v) is 6.78. The van der Waals surface area contributed by atoms with Crippen LogP contribution in [0.25, 0.3) is 0 Å². The minimum atomic E-state index is -3.76. The zero-order valence-corrected chi connectivity index (χ0v) is 12.4. The first kappa shape index (κ1) is 14.5. The average Bonchev–Trinajstić information content (AvgIpc) is 2.68. The van der Waals surface area contributed by atoms with Crippen LogP contribution in [-0.2, 0) is 16.1 Å². The summed E-state index contributed by atoms with van der Waals surface area (Å²) in [4.78, 5) is 12.0. The van der Waals surface area contributed by atoms with E-state index in [-0.39, 0.29) is 10.8 Å². The predicted molar refractivity (Wildman–Crippen MR) is 75.4 cm³/mol. The fourth-order valence-electron chi connectivity index (χ4n) is 1.72. The predicted octanol–water partition coefficient (Wildman–Crippen LogP) is 1.91. The molecule has 0 atom stereocenters. The van der Waals surface area contributed by atoms with E-state index in [4.69, 9.17) is 10.7 Å². The quantitative estimate of drug-likeness (QED) is 0.878. The number of amides is 1. The molecule has 0 fully saturated rings. The minimum Gasteiger partial charge on any atom is -0.321 e. The Hall–Kier alpha value is -1.86. The number of hydrogen-bond donors (Lipinski definition) is 1. The molecule has 1 aromatic heterocycles. The van der Waals surface area contributed by atoms with Crippen molar-refractivity contribution in [3.05, 3.63) is 41.7 Å². The Bertz CT molecular complexity index is 751. The highest BCUT2D eigenvalue weighted by molar-refractivity contribution is 8.13. The number of hydrogen-bond acceptors (Lipinski definition) is 4. The lowest BCUT2D eigenvalue weighted by Crippen LogP contribution is -2.16. The van der Waals surface area contributed by atoms with Crippen molar-refractivity contribution in [2.24, 2.45) is 7.05 Å². The molecule has 2 rings (SSSR count). The zero-order chi connectivity index (χ0) is 14.9. The number of halogens is 1. The summed E-state index contributed by atoms with van der Waals surface area (Å²) in [5, 5.41) is 6.73. The van der Waals surface area contributed by atoms with Crippen molar-refractivity contribution >= 4 is 31.3 Å². The van der Waals surface area contributed by atoms with Gasteiger partial charge in [0.25, 0.3) is 15.0 Å². The van der Waals surface area contributed by atoms with E-state index < -0.39 is 9.05 Å². The summed E-state index contributed by atoms with van der Waals surface area (Å²) in [5.74, 6) is -0.324. The molecule has 0 unspecified atom stereocenters. The zero-order valence-electron chi connectivity index (χ0n) is 10.8. The van der Waals surface area contributed by atoms with E-state index >= 15 is 0 Å². The van der Waals surface area contributed by atoms with Gasteiger partial charge < -0.3 is 5.32 Å². The fourth-order valence-corrected chi connectivity index (χ4v) is 2.49. The summed E-state index contributed by atoms with van der Waals surface area (Å²) in [6, 6.07) is 7.25. The standard InChI is InChI=1S/C12H12ClN3O3S/c1-8-7-11(16(2)15-8)12(17)14-9-3-5-10(6-4-9)20(13,18)19/h3-7H,1-2H3,(H,14,17). The van der Waals surface area contributed by atoms with E-state index in [2.05, 4.69) is 10.4 Å². The van der Waals surface area contributed by atoms with Crippen molar-refractivity contribution < 1.29 is 13.2 Å². The number of nitrogens with zero attached hydrogens (tertiary/aromatic N) is 2. The van der Waals surface area contributed by atoms with Gasteiger partial charge in [0, 0.05) is 23.4 Å². The molecular weight excluding hydrogens is 302 g/mol. The molecule has 6 nitrogen and oxygen atoms in total. The van der Waals surface area contributed by atoms with Crippen LogP contribution in [0.1, 0.15) is 16.2 Å². The normalized spacial score (nSPS) is 11.3. The van der Waals surface area contributed by atoms with Crippen molar-refractivity contribution in [3.8, 4) is 0 Å². The highest BCUT2D eigenvalue weighted by Crippen LogP contribution is 2.18. The van der Waals surface area contributed by atoms with Crippen LogP contribution in [0, 0.1) is 6.92 Å². The largest absolute Gasteiger partial charge is 0.321 e. The lowest BCUT2D eigenvalue weighted by molar-refractivity contribution is 0.101. The molecule has 1 amide bonds. The third-order valence-corrected chi connectivity index (χ3v) is 4.00. The molecule has 0 saturated carbocycles. The van der Waals surface area contributed by atoms with Crippen LogP contribution in [0.4, 0.5) is 5.69 Å². The van der Waals surface area contributed by atoms with Crippen LogP contribution < -0.4 is 5.32 Å². The molecule has 0 aliphatic heterocycles. The topological polar surface area (TPSA) is 81.1 Å². The van der Waals surface area contributed by atoms with Crippen molar-refractivity contribution in [2.75, 3.05) is 5.32 Å². The van der Waals surface area contributed by atoms with Crippen LogP contribution in [0.5, 0.6) is 0 Å². The molecule has 0 radical (unpaired) electrons. The Kier molecular flexibility index (Phi) is 3.82. The molecule has 106 valence electrons. The second-order valence-electron chi connectivity index (χ2n) is 4.21. The number of benzene rings is 1. The summed E-state index contributed by atoms with van der Waals surface area (Å²) < 4.78 is 23.7. The molecule has 0 saturated heterocycles.